The van der Waals surface area contributed by atoms with Crippen molar-refractivity contribution >= 4 is 21.0 Å². The summed E-state index contributed by atoms with van der Waals surface area (Å²) in [4.78, 5) is 4.08. The fourth-order valence-electron chi connectivity index (χ4n) is 2.08. The molecule has 0 radical (unpaired) electrons. The van der Waals surface area contributed by atoms with Gasteiger partial charge in [-0.25, -0.2) is 0 Å². The van der Waals surface area contributed by atoms with Crippen LogP contribution in [0.4, 0.5) is 13.2 Å². The van der Waals surface area contributed by atoms with E-state index in [1.165, 1.54) is 14.7 Å². The highest BCUT2D eigenvalue weighted by molar-refractivity contribution is 7.97. The number of halogens is 3. The van der Waals surface area contributed by atoms with Gasteiger partial charge in [-0.1, -0.05) is 54.6 Å². The van der Waals surface area contributed by atoms with Crippen molar-refractivity contribution in [1.82, 2.24) is 0 Å². The summed E-state index contributed by atoms with van der Waals surface area (Å²) < 4.78 is 57.5. The quantitative estimate of drug-likeness (QED) is 0.366. The van der Waals surface area contributed by atoms with Crippen LogP contribution in [0.15, 0.2) is 106 Å². The van der Waals surface area contributed by atoms with E-state index in [2.05, 4.69) is 91.0 Å². The monoisotopic (exact) mass is 413 g/mol. The minimum Gasteiger partial charge on any atom is -0.279 e. The van der Waals surface area contributed by atoms with Gasteiger partial charge in [0.05, 0.1) is 10.9 Å². The van der Waals surface area contributed by atoms with Crippen LogP contribution in [0.5, 0.6) is 0 Å². The molecule has 0 aromatic heterocycles. The van der Waals surface area contributed by atoms with Gasteiger partial charge in [-0.15, -0.1) is 0 Å². The van der Waals surface area contributed by atoms with E-state index < -0.39 is 15.6 Å². The number of alkyl halides is 3. The normalized spacial score (nSPS) is 11.6. The highest BCUT2D eigenvalue weighted by Crippen LogP contribution is 2.30. The molecule has 0 fully saturated rings. The molecule has 0 amide bonds. The summed E-state index contributed by atoms with van der Waals surface area (Å²) in [5.41, 5.74) is -5.53. The van der Waals surface area contributed by atoms with Gasteiger partial charge >= 0.3 is 15.6 Å². The third kappa shape index (κ3) is 6.13. The molecule has 0 bridgehead atoms. The van der Waals surface area contributed by atoms with E-state index in [0.717, 1.165) is 0 Å². The molecule has 3 rings (SSSR count). The Morgan fingerprint density at radius 1 is 0.630 bits per heavy atom. The van der Waals surface area contributed by atoms with Gasteiger partial charge in [-0.05, 0) is 36.4 Å². The van der Waals surface area contributed by atoms with Crippen molar-refractivity contribution in [2.45, 2.75) is 20.2 Å². The molecule has 3 aromatic carbocycles. The summed E-state index contributed by atoms with van der Waals surface area (Å²) in [5.74, 6) is 0. The molecule has 0 aliphatic carbocycles. The third-order valence-electron chi connectivity index (χ3n) is 3.23. The van der Waals surface area contributed by atoms with Crippen LogP contribution in [0.25, 0.3) is 0 Å². The number of hydrogen-bond acceptors (Lipinski definition) is 2. The Morgan fingerprint density at radius 3 is 1.04 bits per heavy atom. The van der Waals surface area contributed by atoms with Crippen LogP contribution in [0.1, 0.15) is 0 Å². The van der Waals surface area contributed by atoms with E-state index in [9.17, 15) is 13.2 Å². The predicted molar refractivity (Wildman–Crippen MR) is 99.1 cm³/mol. The second-order valence-corrected chi connectivity index (χ2v) is 8.61. The molecule has 0 spiro atoms. The fourth-order valence-corrected chi connectivity index (χ4v) is 4.18. The van der Waals surface area contributed by atoms with Crippen molar-refractivity contribution in [3.8, 4) is 0 Å². The minimum absolute atomic E-state index is 0.0146. The van der Waals surface area contributed by atoms with E-state index in [1.807, 2.05) is 0 Å². The highest BCUT2D eigenvalue weighted by Gasteiger charge is 2.44. The standard InChI is InChI=1S/C18H15S.CHF3O3S/c1-4-10-16(11-5-1)19(17-12-6-2-7-13-17)18-14-8-3-9-15-18;2-1(3,4)8(5,6)7/h1-15H;(H,5,6,7)/q+1;. The van der Waals surface area contributed by atoms with Crippen molar-refractivity contribution in [2.24, 2.45) is 0 Å². The Bertz CT molecular complexity index is 836. The molecule has 8 heteroatoms. The molecule has 0 atom stereocenters. The van der Waals surface area contributed by atoms with Crippen molar-refractivity contribution in [2.75, 3.05) is 0 Å². The molecule has 142 valence electrons. The summed E-state index contributed by atoms with van der Waals surface area (Å²) >= 11 is 0. The number of hydrogen-bond donors (Lipinski definition) is 1. The summed E-state index contributed by atoms with van der Waals surface area (Å²) in [6.07, 6.45) is 0. The molecule has 0 aliphatic rings. The van der Waals surface area contributed by atoms with E-state index in [4.69, 9.17) is 13.0 Å². The molecular weight excluding hydrogens is 397 g/mol. The maximum atomic E-state index is 10.7. The maximum absolute atomic E-state index is 10.7. The van der Waals surface area contributed by atoms with Crippen molar-refractivity contribution in [1.29, 1.82) is 0 Å². The fraction of sp³-hybridized carbons (Fsp3) is 0.0526. The van der Waals surface area contributed by atoms with Crippen LogP contribution in [0.2, 0.25) is 0 Å². The molecular formula is C19H16F3O3S2+. The summed E-state index contributed by atoms with van der Waals surface area (Å²) in [6.45, 7) is 0. The SMILES string of the molecule is O=S(=O)(O)C(F)(F)F.c1ccc([S+](c2ccccc2)c2ccccc2)cc1. The molecule has 3 nitrogen and oxygen atoms in total. The first kappa shape index (κ1) is 21.0. The highest BCUT2D eigenvalue weighted by atomic mass is 32.2. The molecule has 0 saturated carbocycles. The first-order valence-electron chi connectivity index (χ1n) is 7.63. The molecule has 0 unspecified atom stereocenters. The second-order valence-electron chi connectivity index (χ2n) is 5.17. The molecule has 27 heavy (non-hydrogen) atoms. The first-order chi connectivity index (χ1) is 12.7. The third-order valence-corrected chi connectivity index (χ3v) is 6.04. The zero-order valence-corrected chi connectivity index (χ0v) is 15.5. The maximum Gasteiger partial charge on any atom is 0.522 e. The van der Waals surface area contributed by atoms with Gasteiger partial charge in [-0.3, -0.25) is 4.55 Å². The average Bonchev–Trinajstić information content (AvgIpc) is 2.64. The molecule has 3 aromatic rings. The van der Waals surface area contributed by atoms with Crippen LogP contribution in [0, 0.1) is 0 Å². The van der Waals surface area contributed by atoms with Gasteiger partial charge in [-0.2, -0.15) is 21.6 Å². The van der Waals surface area contributed by atoms with E-state index in [-0.39, 0.29) is 10.9 Å². The summed E-state index contributed by atoms with van der Waals surface area (Å²) in [7, 11) is -5.85. The Labute approximate surface area is 158 Å². The first-order valence-corrected chi connectivity index (χ1v) is 10.3. The van der Waals surface area contributed by atoms with Crippen LogP contribution in [0.3, 0.4) is 0 Å². The zero-order chi connectivity index (χ0) is 19.9. The van der Waals surface area contributed by atoms with Gasteiger partial charge < -0.3 is 0 Å². The minimum atomic E-state index is -5.84. The Balaban J connectivity index is 0.000000279. The van der Waals surface area contributed by atoms with Gasteiger partial charge in [0.25, 0.3) is 0 Å². The van der Waals surface area contributed by atoms with E-state index in [0.29, 0.717) is 0 Å². The van der Waals surface area contributed by atoms with Crippen molar-refractivity contribution in [3.63, 3.8) is 0 Å². The number of benzene rings is 3. The summed E-state index contributed by atoms with van der Waals surface area (Å²) in [6, 6.07) is 32.2. The predicted octanol–water partition coefficient (Wildman–Crippen LogP) is 5.18. The van der Waals surface area contributed by atoms with Crippen molar-refractivity contribution < 1.29 is 26.1 Å². The zero-order valence-electron chi connectivity index (χ0n) is 13.9. The van der Waals surface area contributed by atoms with Crippen LogP contribution in [-0.2, 0) is 21.0 Å². The Hall–Kier alpha value is -2.29. The van der Waals surface area contributed by atoms with Crippen LogP contribution < -0.4 is 0 Å². The average molecular weight is 413 g/mol. The Morgan fingerprint density at radius 2 is 0.852 bits per heavy atom. The lowest BCUT2D eigenvalue weighted by molar-refractivity contribution is -0.0510. The Kier molecular flexibility index (Phi) is 7.06. The molecule has 0 saturated heterocycles. The number of rotatable bonds is 3. The molecule has 1 N–H and O–H groups in total. The van der Waals surface area contributed by atoms with Crippen molar-refractivity contribution in [3.05, 3.63) is 91.0 Å². The second kappa shape index (κ2) is 9.07. The molecule has 0 heterocycles. The molecule has 0 aliphatic heterocycles. The topological polar surface area (TPSA) is 54.4 Å². The van der Waals surface area contributed by atoms with Crippen LogP contribution in [-0.4, -0.2) is 18.5 Å². The largest absolute Gasteiger partial charge is 0.522 e. The van der Waals surface area contributed by atoms with E-state index >= 15 is 0 Å². The van der Waals surface area contributed by atoms with Gasteiger partial charge in [0, 0.05) is 0 Å². The summed E-state index contributed by atoms with van der Waals surface area (Å²) in [5, 5.41) is 0. The van der Waals surface area contributed by atoms with Gasteiger partial charge in [0.15, 0.2) is 14.7 Å². The van der Waals surface area contributed by atoms with Gasteiger partial charge in [0.1, 0.15) is 0 Å². The smallest absolute Gasteiger partial charge is 0.279 e. The van der Waals surface area contributed by atoms with Crippen LogP contribution >= 0.6 is 0 Å². The lowest BCUT2D eigenvalue weighted by atomic mass is 10.4. The lowest BCUT2D eigenvalue weighted by Crippen LogP contribution is -2.21. The lowest BCUT2D eigenvalue weighted by Gasteiger charge is -2.07. The van der Waals surface area contributed by atoms with Gasteiger partial charge in [0.2, 0.25) is 0 Å². The van der Waals surface area contributed by atoms with E-state index in [1.54, 1.807) is 0 Å².